The van der Waals surface area contributed by atoms with Gasteiger partial charge in [0.25, 0.3) is 5.88 Å². The minimum Gasteiger partial charge on any atom is -0.435 e. The lowest BCUT2D eigenvalue weighted by Crippen LogP contribution is -2.23. The highest BCUT2D eigenvalue weighted by Crippen LogP contribution is 2.16. The molecule has 0 bridgehead atoms. The van der Waals surface area contributed by atoms with Gasteiger partial charge in [0.2, 0.25) is 0 Å². The zero-order valence-corrected chi connectivity index (χ0v) is 11.4. The number of aromatic nitrogens is 2. The Morgan fingerprint density at radius 2 is 2.05 bits per heavy atom. The molecule has 0 saturated carbocycles. The van der Waals surface area contributed by atoms with Crippen molar-refractivity contribution >= 4 is 0 Å². The van der Waals surface area contributed by atoms with Crippen molar-refractivity contribution in [2.24, 2.45) is 5.92 Å². The Morgan fingerprint density at radius 1 is 1.35 bits per heavy atom. The van der Waals surface area contributed by atoms with E-state index in [0.717, 1.165) is 0 Å². The first-order valence-electron chi connectivity index (χ1n) is 6.33. The van der Waals surface area contributed by atoms with Gasteiger partial charge >= 0.3 is 5.56 Å². The van der Waals surface area contributed by atoms with Gasteiger partial charge in [0, 0.05) is 18.9 Å². The Kier molecular flexibility index (Phi) is 4.16. The van der Waals surface area contributed by atoms with Crippen LogP contribution in [0.5, 0.6) is 11.6 Å². The van der Waals surface area contributed by atoms with Crippen molar-refractivity contribution in [3.8, 4) is 17.7 Å². The normalized spacial score (nSPS) is 10.3. The number of benzene rings is 1. The van der Waals surface area contributed by atoms with Crippen molar-refractivity contribution < 1.29 is 4.74 Å². The summed E-state index contributed by atoms with van der Waals surface area (Å²) < 4.78 is 7.06. The Morgan fingerprint density at radius 3 is 2.65 bits per heavy atom. The van der Waals surface area contributed by atoms with Crippen molar-refractivity contribution in [1.82, 2.24) is 9.55 Å². The molecule has 0 unspecified atom stereocenters. The molecule has 20 heavy (non-hydrogen) atoms. The molecule has 1 heterocycles. The fourth-order valence-corrected chi connectivity index (χ4v) is 1.74. The van der Waals surface area contributed by atoms with E-state index in [-0.39, 0.29) is 11.4 Å². The molecular weight excluding hydrogens is 254 g/mol. The Bertz CT molecular complexity index is 682. The molecule has 102 valence electrons. The molecule has 0 spiro atoms. The van der Waals surface area contributed by atoms with E-state index < -0.39 is 0 Å². The summed E-state index contributed by atoms with van der Waals surface area (Å²) in [5.41, 5.74) is 0.279. The first kappa shape index (κ1) is 13.8. The van der Waals surface area contributed by atoms with Gasteiger partial charge in [-0.25, -0.2) is 4.98 Å². The Labute approximate surface area is 117 Å². The molecule has 2 aromatic rings. The Balaban J connectivity index is 2.25. The maximum absolute atomic E-state index is 12.2. The summed E-state index contributed by atoms with van der Waals surface area (Å²) >= 11 is 0. The third kappa shape index (κ3) is 3.23. The van der Waals surface area contributed by atoms with Gasteiger partial charge in [-0.05, 0) is 30.2 Å². The van der Waals surface area contributed by atoms with E-state index >= 15 is 0 Å². The molecule has 2 rings (SSSR count). The first-order chi connectivity index (χ1) is 9.60. The van der Waals surface area contributed by atoms with Crippen molar-refractivity contribution in [3.63, 3.8) is 0 Å². The molecule has 0 radical (unpaired) electrons. The highest BCUT2D eigenvalue weighted by molar-refractivity contribution is 5.35. The van der Waals surface area contributed by atoms with Crippen LogP contribution in [0.1, 0.15) is 19.4 Å². The van der Waals surface area contributed by atoms with E-state index in [1.54, 1.807) is 41.2 Å². The summed E-state index contributed by atoms with van der Waals surface area (Å²) in [6.45, 7) is 4.69. The van der Waals surface area contributed by atoms with E-state index in [0.29, 0.717) is 23.8 Å². The van der Waals surface area contributed by atoms with Crippen molar-refractivity contribution in [3.05, 3.63) is 52.6 Å². The molecule has 0 amide bonds. The minimum atomic E-state index is -0.259. The lowest BCUT2D eigenvalue weighted by molar-refractivity contribution is 0.432. The van der Waals surface area contributed by atoms with Crippen molar-refractivity contribution in [2.45, 2.75) is 20.4 Å². The number of hydrogen-bond acceptors (Lipinski definition) is 4. The number of nitrogens with zero attached hydrogens (tertiary/aromatic N) is 3. The number of ether oxygens (including phenoxy) is 1. The van der Waals surface area contributed by atoms with Crippen LogP contribution in [0.4, 0.5) is 0 Å². The third-order valence-electron chi connectivity index (χ3n) is 2.64. The zero-order valence-electron chi connectivity index (χ0n) is 11.4. The van der Waals surface area contributed by atoms with Gasteiger partial charge in [-0.1, -0.05) is 13.8 Å². The molecule has 0 N–H and O–H groups in total. The van der Waals surface area contributed by atoms with Crippen LogP contribution in [0, 0.1) is 17.2 Å². The lowest BCUT2D eigenvalue weighted by atomic mass is 10.2. The van der Waals surface area contributed by atoms with E-state index in [9.17, 15) is 4.79 Å². The van der Waals surface area contributed by atoms with Gasteiger partial charge in [0.05, 0.1) is 11.6 Å². The molecule has 0 aliphatic heterocycles. The Hall–Kier alpha value is -2.61. The fourth-order valence-electron chi connectivity index (χ4n) is 1.74. The zero-order chi connectivity index (χ0) is 14.5. The van der Waals surface area contributed by atoms with Crippen LogP contribution in [0.25, 0.3) is 0 Å². The van der Waals surface area contributed by atoms with E-state index in [4.69, 9.17) is 10.00 Å². The molecule has 5 heteroatoms. The molecule has 1 aromatic heterocycles. The second kappa shape index (κ2) is 6.02. The van der Waals surface area contributed by atoms with E-state index in [1.165, 1.54) is 0 Å². The van der Waals surface area contributed by atoms with Gasteiger partial charge in [-0.3, -0.25) is 4.79 Å². The summed E-state index contributed by atoms with van der Waals surface area (Å²) in [4.78, 5) is 16.1. The van der Waals surface area contributed by atoms with Crippen LogP contribution in [0.15, 0.2) is 41.5 Å². The van der Waals surface area contributed by atoms with Crippen LogP contribution in [0.3, 0.4) is 0 Å². The van der Waals surface area contributed by atoms with E-state index in [2.05, 4.69) is 4.98 Å². The van der Waals surface area contributed by atoms with Crippen molar-refractivity contribution in [2.75, 3.05) is 0 Å². The van der Waals surface area contributed by atoms with Crippen LogP contribution < -0.4 is 10.3 Å². The number of nitriles is 1. The summed E-state index contributed by atoms with van der Waals surface area (Å²) in [5, 5.41) is 8.73. The fraction of sp³-hybridized carbons (Fsp3) is 0.267. The van der Waals surface area contributed by atoms with Crippen LogP contribution >= 0.6 is 0 Å². The third-order valence-corrected chi connectivity index (χ3v) is 2.64. The van der Waals surface area contributed by atoms with Gasteiger partial charge in [0.15, 0.2) is 0 Å². The molecule has 0 atom stereocenters. The second-order valence-electron chi connectivity index (χ2n) is 4.82. The average molecular weight is 269 g/mol. The summed E-state index contributed by atoms with van der Waals surface area (Å²) in [6.07, 6.45) is 3.19. The predicted octanol–water partition coefficient (Wildman–Crippen LogP) is 2.56. The average Bonchev–Trinajstić information content (AvgIpc) is 2.43. The van der Waals surface area contributed by atoms with Crippen molar-refractivity contribution in [1.29, 1.82) is 5.26 Å². The monoisotopic (exact) mass is 269 g/mol. The summed E-state index contributed by atoms with van der Waals surface area (Å²) in [5.74, 6) is 0.881. The van der Waals surface area contributed by atoms with Crippen LogP contribution in [-0.2, 0) is 6.54 Å². The molecule has 5 nitrogen and oxygen atoms in total. The highest BCUT2D eigenvalue weighted by Gasteiger charge is 2.08. The van der Waals surface area contributed by atoms with Crippen LogP contribution in [-0.4, -0.2) is 9.55 Å². The van der Waals surface area contributed by atoms with Gasteiger partial charge in [-0.2, -0.15) is 5.26 Å². The van der Waals surface area contributed by atoms with Gasteiger partial charge in [-0.15, -0.1) is 0 Å². The standard InChI is InChI=1S/C15H15N3O2/c1-11(2)10-18-8-7-17-14(15(18)19)20-13-5-3-12(9-16)4-6-13/h3-8,11H,10H2,1-2H3. The maximum Gasteiger partial charge on any atom is 0.313 e. The van der Waals surface area contributed by atoms with E-state index in [1.807, 2.05) is 19.9 Å². The quantitative estimate of drug-likeness (QED) is 0.855. The van der Waals surface area contributed by atoms with Gasteiger partial charge in [0.1, 0.15) is 5.75 Å². The van der Waals surface area contributed by atoms with Crippen LogP contribution in [0.2, 0.25) is 0 Å². The smallest absolute Gasteiger partial charge is 0.313 e. The SMILES string of the molecule is CC(C)Cn1ccnc(Oc2ccc(C#N)cc2)c1=O. The first-order valence-corrected chi connectivity index (χ1v) is 6.33. The predicted molar refractivity (Wildman–Crippen MR) is 74.6 cm³/mol. The lowest BCUT2D eigenvalue weighted by Gasteiger charge is -2.10. The second-order valence-corrected chi connectivity index (χ2v) is 4.82. The maximum atomic E-state index is 12.2. The summed E-state index contributed by atoms with van der Waals surface area (Å²) in [7, 11) is 0. The summed E-state index contributed by atoms with van der Waals surface area (Å²) in [6, 6.07) is 8.56. The molecule has 1 aromatic carbocycles. The molecular formula is C15H15N3O2. The van der Waals surface area contributed by atoms with Gasteiger partial charge < -0.3 is 9.30 Å². The topological polar surface area (TPSA) is 67.9 Å². The number of rotatable bonds is 4. The molecule has 0 aliphatic rings. The largest absolute Gasteiger partial charge is 0.435 e. The highest BCUT2D eigenvalue weighted by atomic mass is 16.5. The number of hydrogen-bond donors (Lipinski definition) is 0. The minimum absolute atomic E-state index is 0.0397. The molecule has 0 aliphatic carbocycles. The molecule has 0 saturated heterocycles. The molecule has 0 fully saturated rings.